The SMILES string of the molecule is CCC([N])(O)O. The van der Waals surface area contributed by atoms with Gasteiger partial charge in [0, 0.05) is 6.42 Å². The number of aliphatic hydroxyl groups is 2. The number of rotatable bonds is 1. The van der Waals surface area contributed by atoms with E-state index in [4.69, 9.17) is 15.9 Å². The van der Waals surface area contributed by atoms with Crippen LogP contribution in [-0.2, 0) is 0 Å². The molecule has 0 rings (SSSR count). The molecule has 3 nitrogen and oxygen atoms in total. The molecule has 0 saturated carbocycles. The van der Waals surface area contributed by atoms with Crippen LogP contribution >= 0.6 is 0 Å². The number of nitrogens with zero attached hydrogens (tertiary/aromatic N) is 1. The second kappa shape index (κ2) is 1.55. The van der Waals surface area contributed by atoms with E-state index >= 15 is 0 Å². The number of hydrogen-bond acceptors (Lipinski definition) is 2. The summed E-state index contributed by atoms with van der Waals surface area (Å²) in [7, 11) is 0. The van der Waals surface area contributed by atoms with Crippen molar-refractivity contribution in [3.63, 3.8) is 0 Å². The van der Waals surface area contributed by atoms with Crippen LogP contribution < -0.4 is 5.73 Å². The second-order valence-corrected chi connectivity index (χ2v) is 1.13. The average Bonchev–Trinajstić information content (AvgIpc) is 1.35. The van der Waals surface area contributed by atoms with Crippen molar-refractivity contribution in [3.05, 3.63) is 0 Å². The van der Waals surface area contributed by atoms with Gasteiger partial charge in [-0.25, -0.2) is 0 Å². The van der Waals surface area contributed by atoms with Crippen LogP contribution in [0.3, 0.4) is 0 Å². The van der Waals surface area contributed by atoms with Gasteiger partial charge in [0.15, 0.2) is 0 Å². The smallest absolute Gasteiger partial charge is 0.254 e. The van der Waals surface area contributed by atoms with E-state index in [0.717, 1.165) is 0 Å². The lowest BCUT2D eigenvalue weighted by molar-refractivity contribution is -0.163. The van der Waals surface area contributed by atoms with E-state index in [1.807, 2.05) is 0 Å². The molecule has 0 aromatic rings. The summed E-state index contributed by atoms with van der Waals surface area (Å²) >= 11 is 0. The van der Waals surface area contributed by atoms with Crippen LogP contribution in [-0.4, -0.2) is 16.1 Å². The van der Waals surface area contributed by atoms with E-state index < -0.39 is 5.91 Å². The molecular weight excluding hydrogens is 82.0 g/mol. The van der Waals surface area contributed by atoms with E-state index in [2.05, 4.69) is 0 Å². The van der Waals surface area contributed by atoms with Gasteiger partial charge >= 0.3 is 0 Å². The zero-order chi connectivity index (χ0) is 5.21. The molecule has 3 heteroatoms. The van der Waals surface area contributed by atoms with E-state index in [9.17, 15) is 0 Å². The molecule has 0 bridgehead atoms. The summed E-state index contributed by atoms with van der Waals surface area (Å²) in [5.41, 5.74) is 7.94. The Morgan fingerprint density at radius 2 is 1.83 bits per heavy atom. The van der Waals surface area contributed by atoms with E-state index in [1.54, 1.807) is 0 Å². The molecule has 0 fully saturated rings. The summed E-state index contributed by atoms with van der Waals surface area (Å²) in [6.07, 6.45) is -0.0625. The van der Waals surface area contributed by atoms with Crippen LogP contribution in [0.1, 0.15) is 13.3 Å². The van der Waals surface area contributed by atoms with Crippen LogP contribution in [0, 0.1) is 0 Å². The highest BCUT2D eigenvalue weighted by Crippen LogP contribution is 1.93. The molecule has 0 heterocycles. The van der Waals surface area contributed by atoms with Gasteiger partial charge in [0.25, 0.3) is 5.91 Å². The van der Waals surface area contributed by atoms with E-state index in [-0.39, 0.29) is 6.42 Å². The molecule has 0 aliphatic heterocycles. The second-order valence-electron chi connectivity index (χ2n) is 1.13. The summed E-state index contributed by atoms with van der Waals surface area (Å²) < 4.78 is 0. The van der Waals surface area contributed by atoms with Gasteiger partial charge in [0.2, 0.25) is 0 Å². The lowest BCUT2D eigenvalue weighted by Crippen LogP contribution is -2.27. The van der Waals surface area contributed by atoms with Crippen LogP contribution in [0.5, 0.6) is 0 Å². The Hall–Kier alpha value is -0.120. The van der Waals surface area contributed by atoms with Crippen molar-refractivity contribution in [2.75, 3.05) is 0 Å². The lowest BCUT2D eigenvalue weighted by atomic mass is 10.4. The molecule has 2 radical (unpaired) electrons. The third-order valence-electron chi connectivity index (χ3n) is 0.474. The van der Waals surface area contributed by atoms with Crippen molar-refractivity contribution in [2.24, 2.45) is 0 Å². The molecule has 0 spiro atoms. The lowest BCUT2D eigenvalue weighted by Gasteiger charge is -2.06. The first-order valence-corrected chi connectivity index (χ1v) is 1.73. The third-order valence-corrected chi connectivity index (χ3v) is 0.474. The Balaban J connectivity index is 3.17. The molecule has 0 aromatic heterocycles. The summed E-state index contributed by atoms with van der Waals surface area (Å²) in [5, 5.41) is 15.9. The van der Waals surface area contributed by atoms with Crippen LogP contribution in [0.15, 0.2) is 0 Å². The van der Waals surface area contributed by atoms with Gasteiger partial charge < -0.3 is 10.2 Å². The van der Waals surface area contributed by atoms with Crippen LogP contribution in [0.25, 0.3) is 0 Å². The van der Waals surface area contributed by atoms with Crippen molar-refractivity contribution >= 4 is 0 Å². The largest absolute Gasteiger partial charge is 0.351 e. The molecule has 6 heavy (non-hydrogen) atoms. The van der Waals surface area contributed by atoms with E-state index in [0.29, 0.717) is 0 Å². The highest BCUT2D eigenvalue weighted by molar-refractivity contribution is 4.43. The van der Waals surface area contributed by atoms with Crippen molar-refractivity contribution in [2.45, 2.75) is 19.3 Å². The van der Waals surface area contributed by atoms with Gasteiger partial charge in [-0.3, -0.25) is 0 Å². The van der Waals surface area contributed by atoms with Gasteiger partial charge in [0.1, 0.15) is 0 Å². The van der Waals surface area contributed by atoms with Crippen LogP contribution in [0.4, 0.5) is 0 Å². The monoisotopic (exact) mass is 89.0 g/mol. The minimum absolute atomic E-state index is 0.0625. The summed E-state index contributed by atoms with van der Waals surface area (Å²) in [4.78, 5) is 0. The molecule has 0 unspecified atom stereocenters. The standard InChI is InChI=1S/C3H7NO2/c1-2-3(4,5)6/h5-6H,2H2,1H3. The van der Waals surface area contributed by atoms with Gasteiger partial charge in [-0.2, -0.15) is 0 Å². The molecule has 0 atom stereocenters. The molecule has 0 aromatic carbocycles. The average molecular weight is 89.1 g/mol. The fourth-order valence-electron chi connectivity index (χ4n) is 0. The maximum atomic E-state index is 7.94. The molecule has 0 amide bonds. The van der Waals surface area contributed by atoms with Crippen molar-refractivity contribution < 1.29 is 10.2 Å². The Morgan fingerprint density at radius 3 is 1.83 bits per heavy atom. The first-order valence-electron chi connectivity index (χ1n) is 1.73. The first-order chi connectivity index (χ1) is 2.56. The first kappa shape index (κ1) is 5.88. The minimum Gasteiger partial charge on any atom is -0.351 e. The molecule has 2 N–H and O–H groups in total. The highest BCUT2D eigenvalue weighted by Gasteiger charge is 2.13. The predicted molar refractivity (Wildman–Crippen MR) is 19.6 cm³/mol. The third kappa shape index (κ3) is 3.88. The Kier molecular flexibility index (Phi) is 1.52. The Morgan fingerprint density at radius 1 is 1.67 bits per heavy atom. The minimum atomic E-state index is -2.46. The molecule has 0 aliphatic carbocycles. The Bertz CT molecular complexity index is 38.5. The quantitative estimate of drug-likeness (QED) is 0.409. The molecular formula is C3H7NO2. The normalized spacial score (nSPS) is 12.0. The van der Waals surface area contributed by atoms with Crippen molar-refractivity contribution in [1.82, 2.24) is 5.73 Å². The van der Waals surface area contributed by atoms with Crippen LogP contribution in [0.2, 0.25) is 0 Å². The fourth-order valence-corrected chi connectivity index (χ4v) is 0. The molecule has 36 valence electrons. The number of hydrogen-bond donors (Lipinski definition) is 2. The van der Waals surface area contributed by atoms with Gasteiger partial charge in [-0.15, -0.1) is 0 Å². The molecule has 0 aliphatic rings. The summed E-state index contributed by atoms with van der Waals surface area (Å²) in [6, 6.07) is 0. The Labute approximate surface area is 36.4 Å². The molecule has 0 saturated heterocycles. The summed E-state index contributed by atoms with van der Waals surface area (Å²) in [5.74, 6) is -2.46. The maximum Gasteiger partial charge on any atom is 0.254 e. The van der Waals surface area contributed by atoms with Gasteiger partial charge in [-0.05, 0) is 0 Å². The summed E-state index contributed by atoms with van der Waals surface area (Å²) in [6.45, 7) is 1.46. The zero-order valence-corrected chi connectivity index (χ0v) is 3.55. The topological polar surface area (TPSA) is 62.8 Å². The predicted octanol–water partition coefficient (Wildman–Crippen LogP) is -0.897. The zero-order valence-electron chi connectivity index (χ0n) is 3.55. The van der Waals surface area contributed by atoms with E-state index in [1.165, 1.54) is 6.92 Å². The van der Waals surface area contributed by atoms with Gasteiger partial charge in [0.05, 0.1) is 0 Å². The van der Waals surface area contributed by atoms with Crippen molar-refractivity contribution in [3.8, 4) is 0 Å². The fraction of sp³-hybridized carbons (Fsp3) is 1.00. The van der Waals surface area contributed by atoms with Crippen molar-refractivity contribution in [1.29, 1.82) is 0 Å². The highest BCUT2D eigenvalue weighted by atomic mass is 16.5. The van der Waals surface area contributed by atoms with Gasteiger partial charge in [-0.1, -0.05) is 12.7 Å². The maximum absolute atomic E-state index is 7.94.